The van der Waals surface area contributed by atoms with Gasteiger partial charge in [0.1, 0.15) is 0 Å². The van der Waals surface area contributed by atoms with Crippen molar-refractivity contribution in [2.75, 3.05) is 5.32 Å². The fourth-order valence-electron chi connectivity index (χ4n) is 1.85. The van der Waals surface area contributed by atoms with E-state index in [1.165, 1.54) is 16.0 Å². The molecular weight excluding hydrogens is 286 g/mol. The van der Waals surface area contributed by atoms with Crippen LogP contribution in [0.25, 0.3) is 10.6 Å². The minimum Gasteiger partial charge on any atom is -0.358 e. The second-order valence-electron chi connectivity index (χ2n) is 5.47. The highest BCUT2D eigenvalue weighted by Gasteiger charge is 2.16. The molecule has 0 amide bonds. The van der Waals surface area contributed by atoms with Gasteiger partial charge in [-0.2, -0.15) is 5.10 Å². The van der Waals surface area contributed by atoms with Crippen molar-refractivity contribution >= 4 is 16.5 Å². The molecule has 0 radical (unpaired) electrons. The Morgan fingerprint density at radius 2 is 2.00 bits per heavy atom. The van der Waals surface area contributed by atoms with Gasteiger partial charge in [0, 0.05) is 12.6 Å². The third-order valence-corrected chi connectivity index (χ3v) is 3.84. The molecule has 2 rings (SSSR count). The van der Waals surface area contributed by atoms with E-state index in [1.54, 1.807) is 0 Å². The van der Waals surface area contributed by atoms with Crippen molar-refractivity contribution in [1.29, 1.82) is 0 Å². The van der Waals surface area contributed by atoms with Crippen molar-refractivity contribution in [3.8, 4) is 10.6 Å². The van der Waals surface area contributed by atoms with Crippen LogP contribution >= 0.6 is 11.3 Å². The van der Waals surface area contributed by atoms with Crippen molar-refractivity contribution in [2.45, 2.75) is 53.1 Å². The normalized spacial score (nSPS) is 11.4. The van der Waals surface area contributed by atoms with E-state index >= 15 is 0 Å². The van der Waals surface area contributed by atoms with Gasteiger partial charge in [0.25, 0.3) is 5.56 Å². The minimum atomic E-state index is -0.117. The Labute approximate surface area is 128 Å². The average Bonchev–Trinajstić information content (AvgIpc) is 2.86. The van der Waals surface area contributed by atoms with Gasteiger partial charge in [0.15, 0.2) is 5.01 Å². The van der Waals surface area contributed by atoms with Crippen LogP contribution in [0.4, 0.5) is 5.13 Å². The maximum Gasteiger partial charge on any atom is 0.277 e. The molecule has 2 aromatic rings. The smallest absolute Gasteiger partial charge is 0.277 e. The maximum absolute atomic E-state index is 12.4. The summed E-state index contributed by atoms with van der Waals surface area (Å²) in [4.78, 5) is 12.4. The third-order valence-electron chi connectivity index (χ3n) is 2.95. The van der Waals surface area contributed by atoms with E-state index in [2.05, 4.69) is 34.5 Å². The lowest BCUT2D eigenvalue weighted by Crippen LogP contribution is -2.25. The lowest BCUT2D eigenvalue weighted by atomic mass is 10.1. The minimum absolute atomic E-state index is 0.117. The number of hydrogen-bond acceptors (Lipinski definition) is 6. The molecule has 0 saturated heterocycles. The first-order valence-electron chi connectivity index (χ1n) is 7.14. The number of nitrogens with zero attached hydrogens (tertiary/aromatic N) is 4. The van der Waals surface area contributed by atoms with Gasteiger partial charge in [-0.15, -0.1) is 10.2 Å². The lowest BCUT2D eigenvalue weighted by molar-refractivity contribution is 0.587. The molecule has 0 unspecified atom stereocenters. The number of aryl methyl sites for hydroxylation is 1. The summed E-state index contributed by atoms with van der Waals surface area (Å²) in [6.07, 6.45) is 0. The Hall–Kier alpha value is -1.76. The van der Waals surface area contributed by atoms with E-state index in [0.29, 0.717) is 17.1 Å². The molecule has 21 heavy (non-hydrogen) atoms. The molecule has 0 aliphatic heterocycles. The number of aromatic nitrogens is 4. The zero-order valence-corrected chi connectivity index (χ0v) is 13.9. The van der Waals surface area contributed by atoms with Crippen LogP contribution < -0.4 is 10.9 Å². The molecule has 0 saturated carbocycles. The Bertz CT molecular complexity index is 674. The molecule has 0 fully saturated rings. The molecule has 0 atom stereocenters. The highest BCUT2D eigenvalue weighted by molar-refractivity contribution is 7.18. The van der Waals surface area contributed by atoms with E-state index < -0.39 is 0 Å². The number of anilines is 1. The second kappa shape index (κ2) is 6.34. The van der Waals surface area contributed by atoms with Gasteiger partial charge in [-0.05, 0) is 32.8 Å². The third kappa shape index (κ3) is 3.47. The largest absolute Gasteiger partial charge is 0.358 e. The molecule has 1 N–H and O–H groups in total. The van der Waals surface area contributed by atoms with Gasteiger partial charge >= 0.3 is 0 Å². The number of nitrogens with one attached hydrogen (secondary N) is 1. The van der Waals surface area contributed by atoms with Gasteiger partial charge < -0.3 is 5.32 Å². The molecule has 2 aromatic heterocycles. The summed E-state index contributed by atoms with van der Waals surface area (Å²) in [6.45, 7) is 10.6. The SMILES string of the molecule is CCn1nc(C(C)C)cc(-c2nnc(NC(C)C)s2)c1=O. The molecule has 0 spiro atoms. The van der Waals surface area contributed by atoms with Crippen molar-refractivity contribution in [3.05, 3.63) is 22.1 Å². The standard InChI is InChI=1S/C14H21N5OS/c1-6-19-13(20)10(7-11(18-19)8(2)3)12-16-17-14(21-12)15-9(4)5/h7-9H,6H2,1-5H3,(H,15,17). The van der Waals surface area contributed by atoms with E-state index in [4.69, 9.17) is 0 Å². The van der Waals surface area contributed by atoms with Gasteiger partial charge in [-0.25, -0.2) is 4.68 Å². The monoisotopic (exact) mass is 307 g/mol. The van der Waals surface area contributed by atoms with Crippen molar-refractivity contribution < 1.29 is 0 Å². The first kappa shape index (κ1) is 15.6. The molecule has 6 nitrogen and oxygen atoms in total. The summed E-state index contributed by atoms with van der Waals surface area (Å²) in [5, 5.41) is 17.2. The summed E-state index contributed by atoms with van der Waals surface area (Å²) < 4.78 is 1.49. The molecular formula is C14H21N5OS. The van der Waals surface area contributed by atoms with Crippen LogP contribution in [0.1, 0.15) is 46.2 Å². The van der Waals surface area contributed by atoms with E-state index in [1.807, 2.05) is 26.8 Å². The lowest BCUT2D eigenvalue weighted by Gasteiger charge is -2.09. The summed E-state index contributed by atoms with van der Waals surface area (Å²) in [5.74, 6) is 0.253. The topological polar surface area (TPSA) is 72.7 Å². The summed E-state index contributed by atoms with van der Waals surface area (Å²) in [6, 6.07) is 2.11. The van der Waals surface area contributed by atoms with Crippen LogP contribution in [-0.2, 0) is 6.54 Å². The zero-order valence-electron chi connectivity index (χ0n) is 13.0. The molecule has 7 heteroatoms. The van der Waals surface area contributed by atoms with Gasteiger partial charge in [-0.3, -0.25) is 4.79 Å². The van der Waals surface area contributed by atoms with Crippen molar-refractivity contribution in [2.24, 2.45) is 0 Å². The highest BCUT2D eigenvalue weighted by atomic mass is 32.1. The van der Waals surface area contributed by atoms with Crippen LogP contribution in [0, 0.1) is 0 Å². The van der Waals surface area contributed by atoms with Crippen LogP contribution in [0.5, 0.6) is 0 Å². The molecule has 0 bridgehead atoms. The van der Waals surface area contributed by atoms with Gasteiger partial charge in [0.2, 0.25) is 5.13 Å². The fourth-order valence-corrected chi connectivity index (χ4v) is 2.75. The predicted molar refractivity (Wildman–Crippen MR) is 85.9 cm³/mol. The summed E-state index contributed by atoms with van der Waals surface area (Å²) in [5.41, 5.74) is 1.35. The Kier molecular flexibility index (Phi) is 4.72. The van der Waals surface area contributed by atoms with Crippen molar-refractivity contribution in [1.82, 2.24) is 20.0 Å². The first-order valence-corrected chi connectivity index (χ1v) is 7.96. The van der Waals surface area contributed by atoms with E-state index in [9.17, 15) is 4.79 Å². The van der Waals surface area contributed by atoms with Crippen LogP contribution in [-0.4, -0.2) is 26.0 Å². The molecule has 0 aliphatic carbocycles. The Morgan fingerprint density at radius 3 is 2.57 bits per heavy atom. The zero-order chi connectivity index (χ0) is 15.6. The van der Waals surface area contributed by atoms with Gasteiger partial charge in [0.05, 0.1) is 11.3 Å². The molecule has 114 valence electrons. The maximum atomic E-state index is 12.4. The van der Waals surface area contributed by atoms with E-state index in [-0.39, 0.29) is 17.5 Å². The van der Waals surface area contributed by atoms with Crippen molar-refractivity contribution in [3.63, 3.8) is 0 Å². The quantitative estimate of drug-likeness (QED) is 0.919. The second-order valence-corrected chi connectivity index (χ2v) is 6.45. The Morgan fingerprint density at radius 1 is 1.29 bits per heavy atom. The fraction of sp³-hybridized carbons (Fsp3) is 0.571. The number of hydrogen-bond donors (Lipinski definition) is 1. The van der Waals surface area contributed by atoms with Crippen LogP contribution in [0.3, 0.4) is 0 Å². The van der Waals surface area contributed by atoms with Crippen LogP contribution in [0.2, 0.25) is 0 Å². The Balaban J connectivity index is 2.49. The summed E-state index contributed by atoms with van der Waals surface area (Å²) >= 11 is 1.39. The van der Waals surface area contributed by atoms with Crippen LogP contribution in [0.15, 0.2) is 10.9 Å². The first-order chi connectivity index (χ1) is 9.92. The van der Waals surface area contributed by atoms with Gasteiger partial charge in [-0.1, -0.05) is 25.2 Å². The molecule has 2 heterocycles. The van der Waals surface area contributed by atoms with E-state index in [0.717, 1.165) is 10.8 Å². The highest BCUT2D eigenvalue weighted by Crippen LogP contribution is 2.25. The number of rotatable bonds is 5. The predicted octanol–water partition coefficient (Wildman–Crippen LogP) is 2.73. The molecule has 0 aliphatic rings. The average molecular weight is 307 g/mol. The summed E-state index contributed by atoms with van der Waals surface area (Å²) in [7, 11) is 0. The molecule has 0 aromatic carbocycles.